The maximum absolute atomic E-state index is 4.11. The fourth-order valence-corrected chi connectivity index (χ4v) is 0.881. The van der Waals surface area contributed by atoms with Crippen LogP contribution in [0.1, 0.15) is 40.5 Å². The molecule has 61 valence electrons. The minimum absolute atomic E-state index is 0.655. The minimum atomic E-state index is 0.655. The van der Waals surface area contributed by atoms with Gasteiger partial charge in [-0.3, -0.25) is 0 Å². The van der Waals surface area contributed by atoms with E-state index in [1.165, 1.54) is 12.8 Å². The summed E-state index contributed by atoms with van der Waals surface area (Å²) >= 11 is 0. The van der Waals surface area contributed by atoms with Gasteiger partial charge >= 0.3 is 0 Å². The molecular formula is C10H21. The van der Waals surface area contributed by atoms with Crippen molar-refractivity contribution in [2.75, 3.05) is 0 Å². The average molecular weight is 141 g/mol. The molecule has 0 fully saturated rings. The normalized spacial score (nSPS) is 14.7. The summed E-state index contributed by atoms with van der Waals surface area (Å²) in [5.41, 5.74) is 0. The van der Waals surface area contributed by atoms with Crippen molar-refractivity contribution in [3.8, 4) is 0 Å². The van der Waals surface area contributed by atoms with Crippen LogP contribution in [0.3, 0.4) is 0 Å². The van der Waals surface area contributed by atoms with Gasteiger partial charge in [0.15, 0.2) is 0 Å². The summed E-state index contributed by atoms with van der Waals surface area (Å²) in [6.07, 6.45) is 2.61. The lowest BCUT2D eigenvalue weighted by Crippen LogP contribution is -2.05. The summed E-state index contributed by atoms with van der Waals surface area (Å²) in [6, 6.07) is 0. The third-order valence-corrected chi connectivity index (χ3v) is 2.06. The lowest BCUT2D eigenvalue weighted by molar-refractivity contribution is 0.391. The van der Waals surface area contributed by atoms with Gasteiger partial charge in [-0.05, 0) is 31.1 Å². The van der Waals surface area contributed by atoms with E-state index in [4.69, 9.17) is 0 Å². The first-order valence-electron chi connectivity index (χ1n) is 4.37. The fraction of sp³-hybridized carbons (Fsp3) is 0.900. The molecule has 0 aliphatic heterocycles. The highest BCUT2D eigenvalue weighted by Gasteiger charge is 2.06. The molecule has 0 nitrogen and oxygen atoms in total. The molecule has 10 heavy (non-hydrogen) atoms. The van der Waals surface area contributed by atoms with Crippen molar-refractivity contribution < 1.29 is 0 Å². The highest BCUT2D eigenvalue weighted by molar-refractivity contribution is 4.65. The van der Waals surface area contributed by atoms with Crippen molar-refractivity contribution >= 4 is 0 Å². The Morgan fingerprint density at radius 1 is 1.00 bits per heavy atom. The molecule has 0 heteroatoms. The zero-order chi connectivity index (χ0) is 8.15. The second-order valence-electron chi connectivity index (χ2n) is 3.98. The first-order chi connectivity index (χ1) is 4.54. The van der Waals surface area contributed by atoms with Gasteiger partial charge in [-0.25, -0.2) is 0 Å². The Morgan fingerprint density at radius 2 is 1.50 bits per heavy atom. The van der Waals surface area contributed by atoms with Crippen molar-refractivity contribution in [3.63, 3.8) is 0 Å². The van der Waals surface area contributed by atoms with Crippen LogP contribution in [0.5, 0.6) is 0 Å². The molecule has 0 amide bonds. The summed E-state index contributed by atoms with van der Waals surface area (Å²) in [4.78, 5) is 0. The smallest absolute Gasteiger partial charge is 0.0391 e. The van der Waals surface area contributed by atoms with Crippen molar-refractivity contribution in [1.82, 2.24) is 0 Å². The lowest BCUT2D eigenvalue weighted by atomic mass is 9.91. The molecule has 0 aliphatic rings. The molecule has 0 aromatic heterocycles. The highest BCUT2D eigenvalue weighted by atomic mass is 14.1. The van der Waals surface area contributed by atoms with E-state index < -0.39 is 0 Å². The standard InChI is InChI=1S/C10H21/c1-8(2)6-7-10(5)9(3)4/h8-10H,5-7H2,1-4H3. The summed E-state index contributed by atoms with van der Waals surface area (Å²) in [7, 11) is 0. The van der Waals surface area contributed by atoms with E-state index >= 15 is 0 Å². The maximum atomic E-state index is 4.11. The zero-order valence-electron chi connectivity index (χ0n) is 7.85. The molecule has 0 aromatic carbocycles. The predicted octanol–water partition coefficient (Wildman–Crippen LogP) is 3.53. The van der Waals surface area contributed by atoms with Crippen molar-refractivity contribution in [1.29, 1.82) is 0 Å². The van der Waals surface area contributed by atoms with Gasteiger partial charge < -0.3 is 0 Å². The Bertz CT molecular complexity index is 72.1. The van der Waals surface area contributed by atoms with Crippen LogP contribution in [0.2, 0.25) is 0 Å². The molecule has 1 unspecified atom stereocenters. The average Bonchev–Trinajstić information content (AvgIpc) is 1.82. The molecular weight excluding hydrogens is 120 g/mol. The molecule has 1 radical (unpaired) electrons. The van der Waals surface area contributed by atoms with Crippen LogP contribution in [0.4, 0.5) is 0 Å². The van der Waals surface area contributed by atoms with Gasteiger partial charge in [0.05, 0.1) is 0 Å². The minimum Gasteiger partial charge on any atom is -0.0628 e. The third kappa shape index (κ3) is 4.84. The molecule has 0 aliphatic carbocycles. The number of hydrogen-bond acceptors (Lipinski definition) is 0. The molecule has 0 heterocycles. The van der Waals surface area contributed by atoms with E-state index in [9.17, 15) is 0 Å². The number of hydrogen-bond donors (Lipinski definition) is 0. The first-order valence-corrected chi connectivity index (χ1v) is 4.37. The Hall–Kier alpha value is 0. The summed E-state index contributed by atoms with van der Waals surface area (Å²) in [6.45, 7) is 13.1. The van der Waals surface area contributed by atoms with E-state index in [-0.39, 0.29) is 0 Å². The molecule has 1 atom stereocenters. The summed E-state index contributed by atoms with van der Waals surface area (Å²) in [5, 5.41) is 0. The fourth-order valence-electron chi connectivity index (χ4n) is 0.881. The molecule has 0 aromatic rings. The van der Waals surface area contributed by atoms with E-state index in [1.54, 1.807) is 0 Å². The van der Waals surface area contributed by atoms with Crippen LogP contribution in [0, 0.1) is 24.7 Å². The van der Waals surface area contributed by atoms with E-state index in [0.29, 0.717) is 5.92 Å². The Morgan fingerprint density at radius 3 is 1.80 bits per heavy atom. The van der Waals surface area contributed by atoms with Gasteiger partial charge in [-0.2, -0.15) is 0 Å². The van der Waals surface area contributed by atoms with Gasteiger partial charge in [-0.15, -0.1) is 0 Å². The highest BCUT2D eigenvalue weighted by Crippen LogP contribution is 2.18. The van der Waals surface area contributed by atoms with Crippen LogP contribution in [-0.2, 0) is 0 Å². The third-order valence-electron chi connectivity index (χ3n) is 2.06. The SMILES string of the molecule is [CH2]C(CCC(C)C)C(C)C. The van der Waals surface area contributed by atoms with Crippen molar-refractivity contribution in [3.05, 3.63) is 6.92 Å². The molecule has 0 spiro atoms. The topological polar surface area (TPSA) is 0 Å². The van der Waals surface area contributed by atoms with Gasteiger partial charge in [0.25, 0.3) is 0 Å². The van der Waals surface area contributed by atoms with Crippen molar-refractivity contribution in [2.45, 2.75) is 40.5 Å². The predicted molar refractivity (Wildman–Crippen MR) is 47.8 cm³/mol. The molecule has 0 saturated heterocycles. The van der Waals surface area contributed by atoms with Crippen LogP contribution in [0.25, 0.3) is 0 Å². The van der Waals surface area contributed by atoms with Gasteiger partial charge in [0.2, 0.25) is 0 Å². The van der Waals surface area contributed by atoms with Crippen molar-refractivity contribution in [2.24, 2.45) is 17.8 Å². The number of rotatable bonds is 4. The second-order valence-corrected chi connectivity index (χ2v) is 3.98. The van der Waals surface area contributed by atoms with E-state index in [2.05, 4.69) is 34.6 Å². The Balaban J connectivity index is 3.30. The zero-order valence-corrected chi connectivity index (χ0v) is 7.85. The lowest BCUT2D eigenvalue weighted by Gasteiger charge is -2.15. The molecule has 0 N–H and O–H groups in total. The summed E-state index contributed by atoms with van der Waals surface area (Å²) in [5.74, 6) is 2.24. The largest absolute Gasteiger partial charge is 0.0628 e. The molecule has 0 bridgehead atoms. The van der Waals surface area contributed by atoms with E-state index in [1.807, 2.05) is 0 Å². The van der Waals surface area contributed by atoms with E-state index in [0.717, 1.165) is 11.8 Å². The van der Waals surface area contributed by atoms with Crippen LogP contribution >= 0.6 is 0 Å². The van der Waals surface area contributed by atoms with Crippen LogP contribution < -0.4 is 0 Å². The maximum Gasteiger partial charge on any atom is -0.0391 e. The second kappa shape index (κ2) is 4.76. The molecule has 0 saturated carbocycles. The quantitative estimate of drug-likeness (QED) is 0.562. The van der Waals surface area contributed by atoms with Crippen LogP contribution in [0.15, 0.2) is 0 Å². The van der Waals surface area contributed by atoms with Crippen LogP contribution in [-0.4, -0.2) is 0 Å². The van der Waals surface area contributed by atoms with Gasteiger partial charge in [-0.1, -0.05) is 34.1 Å². The Labute approximate surface area is 66.0 Å². The van der Waals surface area contributed by atoms with Gasteiger partial charge in [0.1, 0.15) is 0 Å². The first kappa shape index (κ1) is 10.0. The summed E-state index contributed by atoms with van der Waals surface area (Å²) < 4.78 is 0. The molecule has 0 rings (SSSR count). The monoisotopic (exact) mass is 141 g/mol. The Kier molecular flexibility index (Phi) is 4.76. The van der Waals surface area contributed by atoms with Gasteiger partial charge in [0, 0.05) is 0 Å².